The Kier molecular flexibility index (Phi) is 6.01. The highest BCUT2D eigenvalue weighted by atomic mass is 19.1. The van der Waals surface area contributed by atoms with Gasteiger partial charge in [-0.3, -0.25) is 4.79 Å². The smallest absolute Gasteiger partial charge is 0.262 e. The van der Waals surface area contributed by atoms with Crippen LogP contribution in [0.5, 0.6) is 17.2 Å². The molecular weight excluding hydrogens is 313 g/mol. The molecule has 0 bridgehead atoms. The van der Waals surface area contributed by atoms with Gasteiger partial charge in [0.15, 0.2) is 18.1 Å². The number of anilines is 1. The van der Waals surface area contributed by atoms with Gasteiger partial charge in [-0.05, 0) is 43.7 Å². The molecule has 1 amide bonds. The normalized spacial score (nSPS) is 10.2. The zero-order valence-corrected chi connectivity index (χ0v) is 13.9. The molecule has 0 aromatic heterocycles. The Morgan fingerprint density at radius 1 is 1.08 bits per heavy atom. The lowest BCUT2D eigenvalue weighted by Crippen LogP contribution is -2.20. The summed E-state index contributed by atoms with van der Waals surface area (Å²) in [6, 6.07) is 9.35. The molecule has 0 atom stereocenters. The standard InChI is InChI=1S/C18H20FNO4/c1-4-23-16-10-13(19)6-7-14(16)20-18(21)11-24-15-8-5-12(2)9-17(15)22-3/h5-10H,4,11H2,1-3H3,(H,20,21). The van der Waals surface area contributed by atoms with Crippen molar-refractivity contribution in [3.8, 4) is 17.2 Å². The van der Waals surface area contributed by atoms with Gasteiger partial charge in [0.1, 0.15) is 11.6 Å². The minimum Gasteiger partial charge on any atom is -0.493 e. The molecule has 0 aliphatic carbocycles. The molecule has 0 saturated carbocycles. The number of benzene rings is 2. The number of hydrogen-bond donors (Lipinski definition) is 1. The monoisotopic (exact) mass is 333 g/mol. The Morgan fingerprint density at radius 2 is 1.88 bits per heavy atom. The number of halogens is 1. The fraction of sp³-hybridized carbons (Fsp3) is 0.278. The van der Waals surface area contributed by atoms with Crippen molar-refractivity contribution >= 4 is 11.6 Å². The van der Waals surface area contributed by atoms with Crippen LogP contribution in [0.3, 0.4) is 0 Å². The summed E-state index contributed by atoms with van der Waals surface area (Å²) < 4.78 is 29.3. The van der Waals surface area contributed by atoms with Gasteiger partial charge in [0, 0.05) is 6.07 Å². The fourth-order valence-electron chi connectivity index (χ4n) is 2.10. The summed E-state index contributed by atoms with van der Waals surface area (Å²) in [5.41, 5.74) is 1.42. The van der Waals surface area contributed by atoms with Gasteiger partial charge in [0.2, 0.25) is 0 Å². The zero-order chi connectivity index (χ0) is 17.5. The van der Waals surface area contributed by atoms with Gasteiger partial charge in [-0.15, -0.1) is 0 Å². The number of aryl methyl sites for hydroxylation is 1. The molecule has 2 aromatic rings. The molecule has 1 N–H and O–H groups in total. The Bertz CT molecular complexity index is 718. The van der Waals surface area contributed by atoms with E-state index in [1.54, 1.807) is 13.0 Å². The Morgan fingerprint density at radius 3 is 2.58 bits per heavy atom. The molecule has 6 heteroatoms. The maximum atomic E-state index is 13.3. The summed E-state index contributed by atoms with van der Waals surface area (Å²) in [6.45, 7) is 3.87. The van der Waals surface area contributed by atoms with Crippen LogP contribution < -0.4 is 19.5 Å². The molecule has 2 aromatic carbocycles. The van der Waals surface area contributed by atoms with Gasteiger partial charge >= 0.3 is 0 Å². The topological polar surface area (TPSA) is 56.8 Å². The highest BCUT2D eigenvalue weighted by molar-refractivity contribution is 5.93. The van der Waals surface area contributed by atoms with Crippen LogP contribution in [0.15, 0.2) is 36.4 Å². The van der Waals surface area contributed by atoms with Crippen LogP contribution in [-0.4, -0.2) is 26.2 Å². The van der Waals surface area contributed by atoms with Crippen molar-refractivity contribution in [1.29, 1.82) is 0 Å². The van der Waals surface area contributed by atoms with E-state index in [0.29, 0.717) is 23.8 Å². The van der Waals surface area contributed by atoms with E-state index in [0.717, 1.165) is 5.56 Å². The maximum Gasteiger partial charge on any atom is 0.262 e. The van der Waals surface area contributed by atoms with E-state index in [1.165, 1.54) is 25.3 Å². The highest BCUT2D eigenvalue weighted by Crippen LogP contribution is 2.28. The quantitative estimate of drug-likeness (QED) is 0.842. The summed E-state index contributed by atoms with van der Waals surface area (Å²) in [6.07, 6.45) is 0. The SMILES string of the molecule is CCOc1cc(F)ccc1NC(=O)COc1ccc(C)cc1OC. The van der Waals surface area contributed by atoms with E-state index in [2.05, 4.69) is 5.32 Å². The number of rotatable bonds is 7. The van der Waals surface area contributed by atoms with Gasteiger partial charge in [-0.2, -0.15) is 0 Å². The summed E-state index contributed by atoms with van der Waals surface area (Å²) >= 11 is 0. The second kappa shape index (κ2) is 8.19. The van der Waals surface area contributed by atoms with Crippen molar-refractivity contribution in [1.82, 2.24) is 0 Å². The van der Waals surface area contributed by atoms with Crippen molar-refractivity contribution in [2.24, 2.45) is 0 Å². The first kappa shape index (κ1) is 17.6. The van der Waals surface area contributed by atoms with E-state index in [-0.39, 0.29) is 18.3 Å². The lowest BCUT2D eigenvalue weighted by atomic mass is 10.2. The molecule has 5 nitrogen and oxygen atoms in total. The van der Waals surface area contributed by atoms with Crippen LogP contribution in [0.2, 0.25) is 0 Å². The molecule has 0 aliphatic heterocycles. The Balaban J connectivity index is 2.01. The third kappa shape index (κ3) is 4.62. The van der Waals surface area contributed by atoms with E-state index >= 15 is 0 Å². The molecule has 0 fully saturated rings. The van der Waals surface area contributed by atoms with E-state index in [4.69, 9.17) is 14.2 Å². The van der Waals surface area contributed by atoms with E-state index in [1.807, 2.05) is 19.1 Å². The number of carbonyl (C=O) groups excluding carboxylic acids is 1. The summed E-state index contributed by atoms with van der Waals surface area (Å²) in [5, 5.41) is 2.65. The average Bonchev–Trinajstić information content (AvgIpc) is 2.56. The molecule has 0 spiro atoms. The Hall–Kier alpha value is -2.76. The van der Waals surface area contributed by atoms with Gasteiger partial charge in [-0.1, -0.05) is 6.07 Å². The van der Waals surface area contributed by atoms with Crippen molar-refractivity contribution in [3.05, 3.63) is 47.8 Å². The second-order valence-electron chi connectivity index (χ2n) is 5.06. The second-order valence-corrected chi connectivity index (χ2v) is 5.06. The summed E-state index contributed by atoms with van der Waals surface area (Å²) in [4.78, 5) is 12.1. The van der Waals surface area contributed by atoms with Crippen LogP contribution in [-0.2, 0) is 4.79 Å². The van der Waals surface area contributed by atoms with E-state index in [9.17, 15) is 9.18 Å². The number of ether oxygens (including phenoxy) is 3. The number of hydrogen-bond acceptors (Lipinski definition) is 4. The van der Waals surface area contributed by atoms with Crippen LogP contribution in [0.25, 0.3) is 0 Å². The van der Waals surface area contributed by atoms with Crippen molar-refractivity contribution in [3.63, 3.8) is 0 Å². The predicted octanol–water partition coefficient (Wildman–Crippen LogP) is 3.56. The fourth-order valence-corrected chi connectivity index (χ4v) is 2.10. The molecule has 128 valence electrons. The molecular formula is C18H20FNO4. The number of nitrogens with one attached hydrogen (secondary N) is 1. The summed E-state index contributed by atoms with van der Waals surface area (Å²) in [7, 11) is 1.54. The first-order chi connectivity index (χ1) is 11.5. The molecule has 0 saturated heterocycles. The molecule has 0 radical (unpaired) electrons. The molecule has 2 rings (SSSR count). The third-order valence-corrected chi connectivity index (χ3v) is 3.20. The molecule has 0 unspecified atom stereocenters. The number of methoxy groups -OCH3 is 1. The minimum atomic E-state index is -0.433. The molecule has 0 heterocycles. The summed E-state index contributed by atoms with van der Waals surface area (Å²) in [5.74, 6) is 0.489. The van der Waals surface area contributed by atoms with E-state index < -0.39 is 5.82 Å². The Labute approximate surface area is 140 Å². The zero-order valence-electron chi connectivity index (χ0n) is 13.9. The number of amides is 1. The average molecular weight is 333 g/mol. The van der Waals surface area contributed by atoms with Crippen molar-refractivity contribution < 1.29 is 23.4 Å². The predicted molar refractivity (Wildman–Crippen MR) is 89.4 cm³/mol. The van der Waals surface area contributed by atoms with Crippen molar-refractivity contribution in [2.75, 3.05) is 25.6 Å². The largest absolute Gasteiger partial charge is 0.493 e. The third-order valence-electron chi connectivity index (χ3n) is 3.20. The van der Waals surface area contributed by atoms with Crippen LogP contribution in [0.1, 0.15) is 12.5 Å². The lowest BCUT2D eigenvalue weighted by Gasteiger charge is -2.13. The van der Waals surface area contributed by atoms with Crippen molar-refractivity contribution in [2.45, 2.75) is 13.8 Å². The minimum absolute atomic E-state index is 0.206. The molecule has 24 heavy (non-hydrogen) atoms. The number of carbonyl (C=O) groups is 1. The van der Waals surface area contributed by atoms with Gasteiger partial charge in [-0.25, -0.2) is 4.39 Å². The first-order valence-corrected chi connectivity index (χ1v) is 7.53. The first-order valence-electron chi connectivity index (χ1n) is 7.53. The van der Waals surface area contributed by atoms with Crippen LogP contribution in [0.4, 0.5) is 10.1 Å². The lowest BCUT2D eigenvalue weighted by molar-refractivity contribution is -0.118. The van der Waals surface area contributed by atoms with Gasteiger partial charge in [0.05, 0.1) is 19.4 Å². The molecule has 0 aliphatic rings. The maximum absolute atomic E-state index is 13.3. The van der Waals surface area contributed by atoms with Gasteiger partial charge < -0.3 is 19.5 Å². The van der Waals surface area contributed by atoms with Crippen LogP contribution in [0, 0.1) is 12.7 Å². The van der Waals surface area contributed by atoms with Crippen LogP contribution >= 0.6 is 0 Å². The highest BCUT2D eigenvalue weighted by Gasteiger charge is 2.11. The van der Waals surface area contributed by atoms with Gasteiger partial charge in [0.25, 0.3) is 5.91 Å².